The third-order valence-electron chi connectivity index (χ3n) is 4.83. The van der Waals surface area contributed by atoms with Gasteiger partial charge in [0.1, 0.15) is 11.6 Å². The van der Waals surface area contributed by atoms with E-state index in [1.54, 1.807) is 12.3 Å². The second-order valence-corrected chi connectivity index (χ2v) is 7.13. The van der Waals surface area contributed by atoms with E-state index in [1.807, 2.05) is 0 Å². The Kier molecular flexibility index (Phi) is 6.32. The quantitative estimate of drug-likeness (QED) is 0.372. The van der Waals surface area contributed by atoms with Gasteiger partial charge in [0.2, 0.25) is 0 Å². The molecule has 4 rings (SSSR count). The SMILES string of the molecule is NCCNc1cnc2ccc(C(=O)c3cccc(NC(=O)c4cccc(F)c4)c3F)cc2n1. The van der Waals surface area contributed by atoms with Crippen LogP contribution >= 0.6 is 0 Å². The number of halogens is 2. The molecule has 0 spiro atoms. The molecule has 166 valence electrons. The number of rotatable bonds is 7. The lowest BCUT2D eigenvalue weighted by molar-refractivity contribution is 0.101. The lowest BCUT2D eigenvalue weighted by Gasteiger charge is -2.10. The van der Waals surface area contributed by atoms with E-state index in [0.717, 1.165) is 6.07 Å². The summed E-state index contributed by atoms with van der Waals surface area (Å²) in [6, 6.07) is 13.8. The molecule has 1 aromatic heterocycles. The molecule has 4 aromatic rings. The van der Waals surface area contributed by atoms with Crippen molar-refractivity contribution < 1.29 is 18.4 Å². The Morgan fingerprint density at radius 2 is 1.76 bits per heavy atom. The van der Waals surface area contributed by atoms with E-state index in [9.17, 15) is 14.0 Å². The van der Waals surface area contributed by atoms with Gasteiger partial charge in [-0.05, 0) is 48.5 Å². The summed E-state index contributed by atoms with van der Waals surface area (Å²) in [5.41, 5.74) is 6.33. The van der Waals surface area contributed by atoms with Crippen molar-refractivity contribution in [3.8, 4) is 0 Å². The average molecular weight is 447 g/mol. The van der Waals surface area contributed by atoms with Crippen LogP contribution in [0.15, 0.2) is 66.9 Å². The molecule has 3 aromatic carbocycles. The molecule has 1 amide bonds. The standard InChI is InChI=1S/C24H19F2N5O2/c25-16-4-1-3-15(11-16)24(33)31-19-6-2-5-17(22(19)26)23(32)14-7-8-18-20(12-14)30-21(13-29-18)28-10-9-27/h1-8,11-13H,9-10,27H2,(H,28,30)(H,31,33). The molecule has 7 nitrogen and oxygen atoms in total. The number of fused-ring (bicyclic) bond motifs is 1. The first kappa shape index (κ1) is 22.0. The summed E-state index contributed by atoms with van der Waals surface area (Å²) in [5.74, 6) is -2.26. The van der Waals surface area contributed by atoms with Crippen molar-refractivity contribution in [2.24, 2.45) is 5.73 Å². The Labute approximate surface area is 187 Å². The zero-order valence-electron chi connectivity index (χ0n) is 17.3. The van der Waals surface area contributed by atoms with Crippen LogP contribution < -0.4 is 16.4 Å². The number of hydrogen-bond acceptors (Lipinski definition) is 6. The number of amides is 1. The number of benzene rings is 3. The number of anilines is 2. The van der Waals surface area contributed by atoms with E-state index in [4.69, 9.17) is 5.73 Å². The summed E-state index contributed by atoms with van der Waals surface area (Å²) in [6.07, 6.45) is 1.56. The molecule has 0 atom stereocenters. The molecule has 0 aliphatic heterocycles. The lowest BCUT2D eigenvalue weighted by atomic mass is 10.0. The zero-order valence-corrected chi connectivity index (χ0v) is 17.3. The molecule has 0 bridgehead atoms. The summed E-state index contributed by atoms with van der Waals surface area (Å²) in [7, 11) is 0. The maximum Gasteiger partial charge on any atom is 0.255 e. The highest BCUT2D eigenvalue weighted by Crippen LogP contribution is 2.23. The van der Waals surface area contributed by atoms with Gasteiger partial charge in [-0.3, -0.25) is 14.6 Å². The maximum atomic E-state index is 15.1. The highest BCUT2D eigenvalue weighted by atomic mass is 19.1. The summed E-state index contributed by atoms with van der Waals surface area (Å²) in [6.45, 7) is 0.932. The summed E-state index contributed by atoms with van der Waals surface area (Å²) >= 11 is 0. The van der Waals surface area contributed by atoms with Gasteiger partial charge in [-0.1, -0.05) is 12.1 Å². The highest BCUT2D eigenvalue weighted by molar-refractivity contribution is 6.11. The Balaban J connectivity index is 1.61. The Bertz CT molecular complexity index is 1360. The van der Waals surface area contributed by atoms with Crippen molar-refractivity contribution in [1.29, 1.82) is 0 Å². The fraction of sp³-hybridized carbons (Fsp3) is 0.0833. The van der Waals surface area contributed by atoms with Crippen LogP contribution in [-0.4, -0.2) is 34.7 Å². The second-order valence-electron chi connectivity index (χ2n) is 7.13. The van der Waals surface area contributed by atoms with Crippen LogP contribution in [0, 0.1) is 11.6 Å². The normalized spacial score (nSPS) is 10.8. The molecule has 0 unspecified atom stereocenters. The topological polar surface area (TPSA) is 110 Å². The Hall–Kier alpha value is -4.24. The van der Waals surface area contributed by atoms with E-state index in [1.165, 1.54) is 48.5 Å². The van der Waals surface area contributed by atoms with Gasteiger partial charge < -0.3 is 16.4 Å². The average Bonchev–Trinajstić information content (AvgIpc) is 2.83. The van der Waals surface area contributed by atoms with Crippen LogP contribution in [0.2, 0.25) is 0 Å². The van der Waals surface area contributed by atoms with Crippen LogP contribution in [0.25, 0.3) is 11.0 Å². The molecular formula is C24H19F2N5O2. The lowest BCUT2D eigenvalue weighted by Crippen LogP contribution is -2.15. The first-order valence-corrected chi connectivity index (χ1v) is 10.1. The fourth-order valence-electron chi connectivity index (χ4n) is 3.22. The minimum Gasteiger partial charge on any atom is -0.368 e. The van der Waals surface area contributed by atoms with E-state index in [2.05, 4.69) is 20.6 Å². The van der Waals surface area contributed by atoms with E-state index in [0.29, 0.717) is 29.9 Å². The number of nitrogens with zero attached hydrogens (tertiary/aromatic N) is 2. The number of nitrogens with two attached hydrogens (primary N) is 1. The molecule has 0 aliphatic rings. The molecule has 1 heterocycles. The zero-order chi connectivity index (χ0) is 23.4. The van der Waals surface area contributed by atoms with Gasteiger partial charge in [-0.2, -0.15) is 0 Å². The maximum absolute atomic E-state index is 15.1. The number of ketones is 1. The Morgan fingerprint density at radius 1 is 0.939 bits per heavy atom. The predicted octanol–water partition coefficient (Wildman–Crippen LogP) is 3.76. The smallest absolute Gasteiger partial charge is 0.255 e. The predicted molar refractivity (Wildman–Crippen MR) is 121 cm³/mol. The third-order valence-corrected chi connectivity index (χ3v) is 4.83. The van der Waals surface area contributed by atoms with Gasteiger partial charge in [-0.15, -0.1) is 0 Å². The van der Waals surface area contributed by atoms with Crippen molar-refractivity contribution in [3.05, 3.63) is 95.2 Å². The number of aromatic nitrogens is 2. The largest absolute Gasteiger partial charge is 0.368 e. The molecule has 0 saturated carbocycles. The van der Waals surface area contributed by atoms with Crippen molar-refractivity contribution in [1.82, 2.24) is 9.97 Å². The van der Waals surface area contributed by atoms with E-state index >= 15 is 4.39 Å². The van der Waals surface area contributed by atoms with Gasteiger partial charge >= 0.3 is 0 Å². The monoisotopic (exact) mass is 447 g/mol. The minimum absolute atomic E-state index is 0.0262. The van der Waals surface area contributed by atoms with Gasteiger partial charge in [0.25, 0.3) is 5.91 Å². The van der Waals surface area contributed by atoms with Crippen LogP contribution in [0.4, 0.5) is 20.3 Å². The van der Waals surface area contributed by atoms with Crippen LogP contribution in [0.3, 0.4) is 0 Å². The van der Waals surface area contributed by atoms with Gasteiger partial charge in [0.15, 0.2) is 11.6 Å². The molecule has 0 saturated heterocycles. The molecular weight excluding hydrogens is 428 g/mol. The van der Waals surface area contributed by atoms with Crippen molar-refractivity contribution >= 4 is 34.2 Å². The molecule has 0 radical (unpaired) electrons. The van der Waals surface area contributed by atoms with Gasteiger partial charge in [0.05, 0.1) is 28.5 Å². The van der Waals surface area contributed by atoms with E-state index < -0.39 is 23.3 Å². The molecule has 0 aliphatic carbocycles. The third kappa shape index (κ3) is 4.83. The van der Waals surface area contributed by atoms with Crippen molar-refractivity contribution in [2.75, 3.05) is 23.7 Å². The minimum atomic E-state index is -0.892. The summed E-state index contributed by atoms with van der Waals surface area (Å²) in [4.78, 5) is 34.1. The first-order chi connectivity index (χ1) is 16.0. The van der Waals surface area contributed by atoms with Crippen LogP contribution in [0.1, 0.15) is 26.3 Å². The van der Waals surface area contributed by atoms with E-state index in [-0.39, 0.29) is 22.4 Å². The second kappa shape index (κ2) is 9.49. The molecule has 33 heavy (non-hydrogen) atoms. The van der Waals surface area contributed by atoms with Crippen LogP contribution in [-0.2, 0) is 0 Å². The van der Waals surface area contributed by atoms with Crippen LogP contribution in [0.5, 0.6) is 0 Å². The number of hydrogen-bond donors (Lipinski definition) is 3. The summed E-state index contributed by atoms with van der Waals surface area (Å²) < 4.78 is 28.5. The molecule has 9 heteroatoms. The highest BCUT2D eigenvalue weighted by Gasteiger charge is 2.19. The van der Waals surface area contributed by atoms with Crippen molar-refractivity contribution in [2.45, 2.75) is 0 Å². The fourth-order valence-corrected chi connectivity index (χ4v) is 3.22. The number of carbonyl (C=O) groups is 2. The number of carbonyl (C=O) groups excluding carboxylic acids is 2. The molecule has 4 N–H and O–H groups in total. The van der Waals surface area contributed by atoms with Gasteiger partial charge in [-0.25, -0.2) is 13.8 Å². The Morgan fingerprint density at radius 3 is 2.55 bits per heavy atom. The first-order valence-electron chi connectivity index (χ1n) is 10.1. The van der Waals surface area contributed by atoms with Gasteiger partial charge in [0, 0.05) is 24.2 Å². The molecule has 0 fully saturated rings. The van der Waals surface area contributed by atoms with Crippen molar-refractivity contribution in [3.63, 3.8) is 0 Å². The summed E-state index contributed by atoms with van der Waals surface area (Å²) in [5, 5.41) is 5.39. The number of nitrogens with one attached hydrogen (secondary N) is 2.